The quantitative estimate of drug-likeness (QED) is 0.878. The smallest absolute Gasteiger partial charge is 0.0687 e. The first-order valence-corrected chi connectivity index (χ1v) is 7.44. The predicted molar refractivity (Wildman–Crippen MR) is 70.4 cm³/mol. The molecular weight excluding hydrogens is 232 g/mol. The van der Waals surface area contributed by atoms with Gasteiger partial charge in [-0.2, -0.15) is 0 Å². The summed E-state index contributed by atoms with van der Waals surface area (Å²) in [6, 6.07) is 7.78. The molecule has 0 spiro atoms. The summed E-state index contributed by atoms with van der Waals surface area (Å²) in [5, 5.41) is 9.88. The van der Waals surface area contributed by atoms with Gasteiger partial charge in [0.2, 0.25) is 0 Å². The van der Waals surface area contributed by atoms with Crippen molar-refractivity contribution >= 4 is 10.8 Å². The van der Waals surface area contributed by atoms with Crippen molar-refractivity contribution in [3.05, 3.63) is 29.8 Å². The lowest BCUT2D eigenvalue weighted by atomic mass is 9.88. The van der Waals surface area contributed by atoms with E-state index in [1.54, 1.807) is 0 Å². The van der Waals surface area contributed by atoms with Gasteiger partial charge in [0.05, 0.1) is 22.2 Å². The molecular formula is C14H20O2S. The van der Waals surface area contributed by atoms with E-state index >= 15 is 0 Å². The molecule has 1 N–H and O–H groups in total. The zero-order valence-electron chi connectivity index (χ0n) is 10.4. The number of hydrogen-bond donors (Lipinski definition) is 1. The molecule has 17 heavy (non-hydrogen) atoms. The summed E-state index contributed by atoms with van der Waals surface area (Å²) in [4.78, 5) is 0.841. The van der Waals surface area contributed by atoms with Crippen LogP contribution in [0.15, 0.2) is 29.2 Å². The second-order valence-electron chi connectivity index (χ2n) is 5.13. The fraction of sp³-hybridized carbons (Fsp3) is 0.571. The molecule has 0 aliphatic heterocycles. The van der Waals surface area contributed by atoms with Gasteiger partial charge in [-0.15, -0.1) is 0 Å². The van der Waals surface area contributed by atoms with Gasteiger partial charge in [0.1, 0.15) is 0 Å². The fourth-order valence-corrected chi connectivity index (χ4v) is 4.07. The molecule has 0 aromatic heterocycles. The van der Waals surface area contributed by atoms with Crippen LogP contribution < -0.4 is 0 Å². The molecule has 2 nitrogen and oxygen atoms in total. The molecule has 0 saturated heterocycles. The monoisotopic (exact) mass is 252 g/mol. The highest BCUT2D eigenvalue weighted by Crippen LogP contribution is 2.30. The van der Waals surface area contributed by atoms with Crippen LogP contribution in [0, 0.1) is 12.8 Å². The van der Waals surface area contributed by atoms with Crippen molar-refractivity contribution in [2.24, 2.45) is 5.92 Å². The average molecular weight is 252 g/mol. The van der Waals surface area contributed by atoms with Crippen LogP contribution in [0.3, 0.4) is 0 Å². The minimum atomic E-state index is -1.08. The summed E-state index contributed by atoms with van der Waals surface area (Å²) >= 11 is 0. The number of hydrogen-bond acceptors (Lipinski definition) is 2. The normalized spacial score (nSPS) is 31.1. The zero-order chi connectivity index (χ0) is 12.4. The van der Waals surface area contributed by atoms with E-state index in [4.69, 9.17) is 0 Å². The third-order valence-corrected chi connectivity index (χ3v) is 5.34. The molecule has 1 aromatic carbocycles. The van der Waals surface area contributed by atoms with Crippen molar-refractivity contribution in [3.8, 4) is 0 Å². The van der Waals surface area contributed by atoms with E-state index in [0.29, 0.717) is 5.92 Å². The van der Waals surface area contributed by atoms with Gasteiger partial charge >= 0.3 is 0 Å². The second kappa shape index (κ2) is 5.32. The summed E-state index contributed by atoms with van der Waals surface area (Å²) in [6.07, 6.45) is 2.28. The Hall–Kier alpha value is -0.670. The van der Waals surface area contributed by atoms with Crippen LogP contribution in [0.2, 0.25) is 0 Å². The Morgan fingerprint density at radius 1 is 1.24 bits per heavy atom. The van der Waals surface area contributed by atoms with Crippen molar-refractivity contribution in [2.75, 3.05) is 0 Å². The van der Waals surface area contributed by atoms with Crippen LogP contribution in [0.4, 0.5) is 0 Å². The van der Waals surface area contributed by atoms with E-state index in [1.165, 1.54) is 5.56 Å². The van der Waals surface area contributed by atoms with Crippen molar-refractivity contribution in [3.63, 3.8) is 0 Å². The van der Waals surface area contributed by atoms with Gasteiger partial charge in [0, 0.05) is 4.90 Å². The molecule has 3 heteroatoms. The third kappa shape index (κ3) is 2.96. The number of aliphatic hydroxyl groups excluding tert-OH is 1. The van der Waals surface area contributed by atoms with Gasteiger partial charge in [-0.3, -0.25) is 4.21 Å². The van der Waals surface area contributed by atoms with E-state index < -0.39 is 16.9 Å². The third-order valence-electron chi connectivity index (χ3n) is 3.55. The first-order valence-electron chi connectivity index (χ1n) is 6.23. The van der Waals surface area contributed by atoms with Crippen LogP contribution in [0.5, 0.6) is 0 Å². The Labute approximate surface area is 106 Å². The van der Waals surface area contributed by atoms with Gasteiger partial charge in [0.25, 0.3) is 0 Å². The molecule has 1 aliphatic carbocycles. The number of rotatable bonds is 2. The first-order chi connectivity index (χ1) is 8.08. The van der Waals surface area contributed by atoms with Crippen LogP contribution in [-0.2, 0) is 10.8 Å². The fourth-order valence-electron chi connectivity index (χ4n) is 2.39. The van der Waals surface area contributed by atoms with Crippen LogP contribution in [0.25, 0.3) is 0 Å². The maximum absolute atomic E-state index is 12.4. The molecule has 1 aromatic rings. The lowest BCUT2D eigenvalue weighted by Gasteiger charge is -2.30. The Bertz CT molecular complexity index is 399. The van der Waals surface area contributed by atoms with Crippen molar-refractivity contribution in [1.29, 1.82) is 0 Å². The average Bonchev–Trinajstić information content (AvgIpc) is 2.32. The first kappa shape index (κ1) is 12.8. The van der Waals surface area contributed by atoms with E-state index in [-0.39, 0.29) is 5.25 Å². The van der Waals surface area contributed by atoms with Gasteiger partial charge in [-0.05, 0) is 44.2 Å². The molecule has 1 aliphatic rings. The maximum atomic E-state index is 12.4. The number of aryl methyl sites for hydroxylation is 1. The molecule has 1 fully saturated rings. The summed E-state index contributed by atoms with van der Waals surface area (Å²) in [7, 11) is -1.08. The minimum absolute atomic E-state index is 0.0959. The molecule has 0 amide bonds. The molecule has 0 bridgehead atoms. The standard InChI is InChI=1S/C14H20O2S/c1-10-3-6-12(7-4-10)17(16)14-9-11(2)5-8-13(14)15/h3-4,6-7,11,13-15H,5,8-9H2,1-2H3/t11?,13-,14-,17?/m1/s1. The van der Waals surface area contributed by atoms with Crippen molar-refractivity contribution in [2.45, 2.75) is 49.4 Å². The Morgan fingerprint density at radius 2 is 1.88 bits per heavy atom. The second-order valence-corrected chi connectivity index (χ2v) is 6.81. The SMILES string of the molecule is Cc1ccc(S(=O)[C@@H]2CC(C)CC[C@H]2O)cc1. The lowest BCUT2D eigenvalue weighted by Crippen LogP contribution is -2.36. The largest absolute Gasteiger partial charge is 0.392 e. The maximum Gasteiger partial charge on any atom is 0.0687 e. The predicted octanol–water partition coefficient (Wildman–Crippen LogP) is 2.65. The summed E-state index contributed by atoms with van der Waals surface area (Å²) < 4.78 is 12.4. The molecule has 94 valence electrons. The number of aliphatic hydroxyl groups is 1. The summed E-state index contributed by atoms with van der Waals surface area (Å²) in [5.41, 5.74) is 1.17. The minimum Gasteiger partial charge on any atom is -0.392 e. The summed E-state index contributed by atoms with van der Waals surface area (Å²) in [6.45, 7) is 4.19. The van der Waals surface area contributed by atoms with E-state index in [0.717, 1.165) is 24.2 Å². The molecule has 0 radical (unpaired) electrons. The van der Waals surface area contributed by atoms with E-state index in [1.807, 2.05) is 31.2 Å². The Morgan fingerprint density at radius 3 is 2.53 bits per heavy atom. The van der Waals surface area contributed by atoms with Crippen molar-refractivity contribution < 1.29 is 9.32 Å². The van der Waals surface area contributed by atoms with E-state index in [9.17, 15) is 9.32 Å². The molecule has 2 rings (SSSR count). The van der Waals surface area contributed by atoms with Crippen LogP contribution in [-0.4, -0.2) is 20.7 Å². The van der Waals surface area contributed by atoms with Gasteiger partial charge in [-0.1, -0.05) is 24.6 Å². The molecule has 4 atom stereocenters. The molecule has 2 unspecified atom stereocenters. The Kier molecular flexibility index (Phi) is 4.00. The molecule has 0 heterocycles. The van der Waals surface area contributed by atoms with Crippen molar-refractivity contribution in [1.82, 2.24) is 0 Å². The van der Waals surface area contributed by atoms with Gasteiger partial charge in [0.15, 0.2) is 0 Å². The summed E-state index contributed by atoms with van der Waals surface area (Å²) in [5.74, 6) is 0.567. The number of benzene rings is 1. The lowest BCUT2D eigenvalue weighted by molar-refractivity contribution is 0.118. The van der Waals surface area contributed by atoms with Crippen LogP contribution in [0.1, 0.15) is 31.7 Å². The zero-order valence-corrected chi connectivity index (χ0v) is 11.2. The van der Waals surface area contributed by atoms with Gasteiger partial charge in [-0.25, -0.2) is 0 Å². The highest BCUT2D eigenvalue weighted by atomic mass is 32.2. The topological polar surface area (TPSA) is 37.3 Å². The highest BCUT2D eigenvalue weighted by molar-refractivity contribution is 7.85. The highest BCUT2D eigenvalue weighted by Gasteiger charge is 2.32. The van der Waals surface area contributed by atoms with Crippen LogP contribution >= 0.6 is 0 Å². The Balaban J connectivity index is 2.15. The van der Waals surface area contributed by atoms with Gasteiger partial charge < -0.3 is 5.11 Å². The van der Waals surface area contributed by atoms with E-state index in [2.05, 4.69) is 6.92 Å². The molecule has 1 saturated carbocycles.